The molecule has 0 saturated carbocycles. The van der Waals surface area contributed by atoms with Gasteiger partial charge in [-0.15, -0.1) is 0 Å². The van der Waals surface area contributed by atoms with Crippen molar-refractivity contribution in [3.8, 4) is 5.75 Å². The van der Waals surface area contributed by atoms with Crippen LogP contribution in [0.4, 0.5) is 23.2 Å². The number of nitrogens with one attached hydrogen (secondary N) is 1. The minimum absolute atomic E-state index is 0.101. The van der Waals surface area contributed by atoms with Gasteiger partial charge in [-0.25, -0.2) is 17.5 Å². The van der Waals surface area contributed by atoms with Crippen LogP contribution in [0.5, 0.6) is 5.75 Å². The number of anilines is 1. The molecule has 1 N–H and O–H groups in total. The lowest BCUT2D eigenvalue weighted by molar-refractivity contribution is -0.211. The van der Waals surface area contributed by atoms with E-state index in [1.165, 1.54) is 19.1 Å². The molecule has 2 aromatic rings. The fourth-order valence-corrected chi connectivity index (χ4v) is 9.87. The third-order valence-electron chi connectivity index (χ3n) is 11.5. The van der Waals surface area contributed by atoms with E-state index in [0.29, 0.717) is 42.3 Å². The SMILES string of the molecule is C[C@@H]1[C@@H](C)C/C=C(\F)[C@H](C(=O)N2CC(C(F)(F)F)C2)N2CCC[C@@]23CN2CCCCc4cc(Cl)cc3c4COc3ccc(cc32)C(=O)NS1(=O)=O. The van der Waals surface area contributed by atoms with E-state index in [1.807, 2.05) is 17.0 Å². The summed E-state index contributed by atoms with van der Waals surface area (Å²) in [6.45, 7) is 2.96. The lowest BCUT2D eigenvalue weighted by Crippen LogP contribution is -2.63. The van der Waals surface area contributed by atoms with Crippen LogP contribution in [0.3, 0.4) is 0 Å². The Labute approximate surface area is 300 Å². The zero-order chi connectivity index (χ0) is 36.5. The predicted octanol–water partition coefficient (Wildman–Crippen LogP) is 6.10. The van der Waals surface area contributed by atoms with Crippen molar-refractivity contribution >= 4 is 39.1 Å². The second-order valence-electron chi connectivity index (χ2n) is 14.6. The summed E-state index contributed by atoms with van der Waals surface area (Å²) in [6.07, 6.45) is -0.168. The number of rotatable bonds is 1. The van der Waals surface area contributed by atoms with Crippen LogP contribution < -0.4 is 14.4 Å². The van der Waals surface area contributed by atoms with Crippen molar-refractivity contribution in [1.29, 1.82) is 0 Å². The highest BCUT2D eigenvalue weighted by atomic mass is 35.5. The van der Waals surface area contributed by atoms with E-state index in [4.69, 9.17) is 16.3 Å². The molecule has 2 amide bonds. The van der Waals surface area contributed by atoms with Crippen molar-refractivity contribution in [2.75, 3.05) is 37.6 Å². The Hall–Kier alpha value is -3.36. The highest BCUT2D eigenvalue weighted by Crippen LogP contribution is 2.49. The van der Waals surface area contributed by atoms with Gasteiger partial charge in [0.05, 0.1) is 22.4 Å². The molecule has 5 aliphatic heterocycles. The fraction of sp³-hybridized carbons (Fsp3) is 0.556. The predicted molar refractivity (Wildman–Crippen MR) is 184 cm³/mol. The van der Waals surface area contributed by atoms with E-state index in [2.05, 4.69) is 4.72 Å². The van der Waals surface area contributed by atoms with Crippen molar-refractivity contribution in [3.05, 3.63) is 69.5 Å². The number of halogens is 5. The first-order valence-corrected chi connectivity index (χ1v) is 19.4. The monoisotopic (exact) mass is 752 g/mol. The Balaban J connectivity index is 1.46. The maximum absolute atomic E-state index is 17.0. The molecule has 4 atom stereocenters. The quantitative estimate of drug-likeness (QED) is 0.352. The number of carbonyl (C=O) groups excluding carboxylic acids is 2. The van der Waals surface area contributed by atoms with Gasteiger partial charge in [0.1, 0.15) is 24.2 Å². The van der Waals surface area contributed by atoms with Gasteiger partial charge in [0.15, 0.2) is 0 Å². The van der Waals surface area contributed by atoms with Gasteiger partial charge in [-0.3, -0.25) is 14.5 Å². The minimum Gasteiger partial charge on any atom is -0.487 e. The van der Waals surface area contributed by atoms with E-state index >= 15 is 4.39 Å². The number of alkyl halides is 3. The second-order valence-corrected chi connectivity index (χ2v) is 17.1. The third-order valence-corrected chi connectivity index (χ3v) is 13.7. The minimum atomic E-state index is -4.49. The summed E-state index contributed by atoms with van der Waals surface area (Å²) >= 11 is 6.82. The fourth-order valence-electron chi connectivity index (χ4n) is 8.35. The number of benzene rings is 2. The standard InChI is InChI=1S/C36H41ClF4N4O5S/c1-21-7-9-29(38)32(34(47)44-17-25(18-44)36(39,40)41)45-13-5-11-35(45)20-43-12-4-3-6-23-14-26(37)16-28(35)27(23)19-50-31-10-8-24(15-30(31)43)33(46)42-51(48,49)22(21)2/h8-10,14-16,21-22,25,32H,3-7,11-13,17-20H2,1-2H3,(H,42,46)/b29-9-/t21-,22+,32+,35-/m0/s1. The number of ether oxygens (including phenoxy) is 1. The molecule has 7 bridgehead atoms. The van der Waals surface area contributed by atoms with E-state index in [0.717, 1.165) is 34.4 Å². The summed E-state index contributed by atoms with van der Waals surface area (Å²) in [7, 11) is -4.23. The Kier molecular flexibility index (Phi) is 9.35. The average Bonchev–Trinajstić information content (AvgIpc) is 3.45. The topological polar surface area (TPSA) is 99.3 Å². The lowest BCUT2D eigenvalue weighted by Gasteiger charge is -2.49. The number of amides is 2. The number of hydrogen-bond acceptors (Lipinski definition) is 7. The van der Waals surface area contributed by atoms with Crippen molar-refractivity contribution in [1.82, 2.24) is 14.5 Å². The molecule has 15 heteroatoms. The highest BCUT2D eigenvalue weighted by Gasteiger charge is 2.55. The molecule has 5 heterocycles. The summed E-state index contributed by atoms with van der Waals surface area (Å²) in [5.41, 5.74) is 2.19. The van der Waals surface area contributed by atoms with Gasteiger partial charge in [0.2, 0.25) is 15.9 Å². The summed E-state index contributed by atoms with van der Waals surface area (Å²) in [5.74, 6) is -4.36. The van der Waals surface area contributed by atoms with Crippen LogP contribution in [0.15, 0.2) is 42.2 Å². The third kappa shape index (κ3) is 6.49. The largest absolute Gasteiger partial charge is 0.487 e. The number of nitrogens with zero attached hydrogens (tertiary/aromatic N) is 3. The first kappa shape index (κ1) is 36.0. The summed E-state index contributed by atoms with van der Waals surface area (Å²) in [4.78, 5) is 32.8. The summed E-state index contributed by atoms with van der Waals surface area (Å²) < 4.78 is 93.2. The van der Waals surface area contributed by atoms with Crippen molar-refractivity contribution in [2.24, 2.45) is 11.8 Å². The first-order chi connectivity index (χ1) is 24.1. The van der Waals surface area contributed by atoms with Gasteiger partial charge < -0.3 is 14.5 Å². The Morgan fingerprint density at radius 3 is 2.59 bits per heavy atom. The number of likely N-dealkylation sites (tertiary alicyclic amines) is 1. The van der Waals surface area contributed by atoms with Crippen LogP contribution in [0.2, 0.25) is 5.02 Å². The lowest BCUT2D eigenvalue weighted by atomic mass is 9.79. The maximum Gasteiger partial charge on any atom is 0.395 e. The normalized spacial score (nSPS) is 29.7. The summed E-state index contributed by atoms with van der Waals surface area (Å²) in [5, 5.41) is -0.661. The Morgan fingerprint density at radius 1 is 1.08 bits per heavy atom. The molecule has 2 saturated heterocycles. The highest BCUT2D eigenvalue weighted by molar-refractivity contribution is 7.90. The second kappa shape index (κ2) is 13.2. The van der Waals surface area contributed by atoms with E-state index < -0.39 is 75.6 Å². The summed E-state index contributed by atoms with van der Waals surface area (Å²) in [6, 6.07) is 6.95. The van der Waals surface area contributed by atoms with E-state index in [-0.39, 0.29) is 31.7 Å². The number of fused-ring (bicyclic) bond motifs is 1. The first-order valence-electron chi connectivity index (χ1n) is 17.5. The maximum atomic E-state index is 17.0. The Bertz CT molecular complexity index is 1880. The molecule has 0 unspecified atom stereocenters. The van der Waals surface area contributed by atoms with Gasteiger partial charge in [0, 0.05) is 43.3 Å². The van der Waals surface area contributed by atoms with E-state index in [1.54, 1.807) is 24.0 Å². The smallest absolute Gasteiger partial charge is 0.395 e. The van der Waals surface area contributed by atoms with Gasteiger partial charge in [-0.2, -0.15) is 13.2 Å². The van der Waals surface area contributed by atoms with Crippen molar-refractivity contribution in [2.45, 2.75) is 82.0 Å². The van der Waals surface area contributed by atoms with Gasteiger partial charge in [-0.05, 0) is 98.4 Å². The molecule has 7 rings (SSSR count). The zero-order valence-electron chi connectivity index (χ0n) is 28.4. The molecule has 9 nitrogen and oxygen atoms in total. The molecular formula is C36H41ClF4N4O5S. The number of hydrogen-bond donors (Lipinski definition) is 1. The molecule has 2 fully saturated rings. The van der Waals surface area contributed by atoms with Crippen LogP contribution in [-0.2, 0) is 33.4 Å². The molecule has 0 aromatic heterocycles. The molecule has 2 aromatic carbocycles. The zero-order valence-corrected chi connectivity index (χ0v) is 30.0. The van der Waals surface area contributed by atoms with Crippen LogP contribution in [0.1, 0.15) is 73.0 Å². The number of allylic oxidation sites excluding steroid dienone is 1. The van der Waals surface area contributed by atoms with Crippen LogP contribution in [-0.4, -0.2) is 80.2 Å². The number of aryl methyl sites for hydroxylation is 1. The van der Waals surface area contributed by atoms with Gasteiger partial charge >= 0.3 is 6.18 Å². The molecule has 276 valence electrons. The average molecular weight is 753 g/mol. The molecule has 51 heavy (non-hydrogen) atoms. The van der Waals surface area contributed by atoms with Gasteiger partial charge in [-0.1, -0.05) is 24.6 Å². The van der Waals surface area contributed by atoms with E-state index in [9.17, 15) is 31.2 Å². The molecule has 5 aliphatic rings. The Morgan fingerprint density at radius 2 is 1.84 bits per heavy atom. The van der Waals surface area contributed by atoms with Gasteiger partial charge in [0.25, 0.3) is 5.91 Å². The van der Waals surface area contributed by atoms with Crippen molar-refractivity contribution in [3.63, 3.8) is 0 Å². The molecule has 1 spiro atoms. The number of sulfonamides is 1. The molecule has 0 radical (unpaired) electrons. The van der Waals surface area contributed by atoms with Crippen molar-refractivity contribution < 1.29 is 40.3 Å². The van der Waals surface area contributed by atoms with Crippen LogP contribution >= 0.6 is 11.6 Å². The number of carbonyl (C=O) groups is 2. The van der Waals surface area contributed by atoms with Crippen LogP contribution in [0.25, 0.3) is 0 Å². The molecule has 0 aliphatic carbocycles. The van der Waals surface area contributed by atoms with Crippen LogP contribution in [0, 0.1) is 11.8 Å². The molecular weight excluding hydrogens is 712 g/mol.